The molecule has 39 heavy (non-hydrogen) atoms. The molecule has 0 aliphatic carbocycles. The summed E-state index contributed by atoms with van der Waals surface area (Å²) in [5.41, 5.74) is 0.761. The van der Waals surface area contributed by atoms with Gasteiger partial charge in [0.25, 0.3) is 5.56 Å². The van der Waals surface area contributed by atoms with Crippen LogP contribution in [0.4, 0.5) is 13.6 Å². The fraction of sp³-hybridized carbons (Fsp3) is 0.143. The molecule has 1 atom stereocenters. The molecule has 1 aliphatic rings. The van der Waals surface area contributed by atoms with Gasteiger partial charge in [-0.1, -0.05) is 54.2 Å². The van der Waals surface area contributed by atoms with Gasteiger partial charge >= 0.3 is 12.0 Å². The molecule has 0 radical (unpaired) electrons. The van der Waals surface area contributed by atoms with Gasteiger partial charge in [-0.2, -0.15) is 0 Å². The number of para-hydroxylation sites is 1. The first-order chi connectivity index (χ1) is 18.9. The fourth-order valence-electron chi connectivity index (χ4n) is 4.30. The Morgan fingerprint density at radius 1 is 1.05 bits per heavy atom. The molecule has 2 N–H and O–H groups in total. The van der Waals surface area contributed by atoms with E-state index in [1.54, 1.807) is 55.5 Å². The van der Waals surface area contributed by atoms with E-state index < -0.39 is 35.2 Å². The summed E-state index contributed by atoms with van der Waals surface area (Å²) in [5.74, 6) is -2.37. The van der Waals surface area contributed by atoms with E-state index in [1.165, 1.54) is 0 Å². The molecule has 11 heteroatoms. The highest BCUT2D eigenvalue weighted by molar-refractivity contribution is 7.99. The molecule has 0 spiro atoms. The normalized spacial score (nSPS) is 15.2. The maximum atomic E-state index is 14.9. The molecule has 8 nitrogen and oxygen atoms in total. The van der Waals surface area contributed by atoms with Gasteiger partial charge in [0.2, 0.25) is 0 Å². The number of carbonyl (C=O) groups is 2. The quantitative estimate of drug-likeness (QED) is 0.198. The Morgan fingerprint density at radius 2 is 1.79 bits per heavy atom. The van der Waals surface area contributed by atoms with Crippen molar-refractivity contribution in [3.63, 3.8) is 0 Å². The van der Waals surface area contributed by atoms with Gasteiger partial charge in [0.05, 0.1) is 34.8 Å². The average Bonchev–Trinajstić information content (AvgIpc) is 2.93. The third kappa shape index (κ3) is 5.26. The first-order valence-electron chi connectivity index (χ1n) is 12.0. The number of nitrogens with one attached hydrogen (secondary N) is 2. The summed E-state index contributed by atoms with van der Waals surface area (Å²) >= 11 is 1.01. The third-order valence-electron chi connectivity index (χ3n) is 6.02. The molecular formula is C28H22F2N4O4S. The third-order valence-corrected chi connectivity index (χ3v) is 6.99. The minimum absolute atomic E-state index is 0.0154. The number of hydrogen-bond acceptors (Lipinski definition) is 6. The number of esters is 1. The number of amides is 2. The van der Waals surface area contributed by atoms with Crippen LogP contribution in [0.15, 0.2) is 94.0 Å². The van der Waals surface area contributed by atoms with Gasteiger partial charge in [-0.05, 0) is 36.8 Å². The summed E-state index contributed by atoms with van der Waals surface area (Å²) in [6, 6.07) is 17.1. The maximum Gasteiger partial charge on any atom is 0.338 e. The van der Waals surface area contributed by atoms with Crippen molar-refractivity contribution in [3.05, 3.63) is 112 Å². The van der Waals surface area contributed by atoms with Crippen molar-refractivity contribution >= 4 is 34.7 Å². The SMILES string of the molecule is CCOC(=O)C1=C(CSc2nc3ccccc3c(=O)n2-c2ccc(F)cc2F)NC(=O)N[C@H]1c1ccccc1. The van der Waals surface area contributed by atoms with Crippen molar-refractivity contribution in [1.82, 2.24) is 20.2 Å². The van der Waals surface area contributed by atoms with E-state index in [4.69, 9.17) is 4.74 Å². The standard InChI is InChI=1S/C28H22F2N4O4S/c1-2-38-26(36)23-21(31-27(37)33-24(23)16-8-4-3-5-9-16)15-39-28-32-20-11-7-6-10-18(20)25(35)34(28)22-13-12-17(29)14-19(22)30/h3-14,24H,2,15H2,1H3,(H2,31,33,37)/t24-/m0/s1. The van der Waals surface area contributed by atoms with Crippen molar-refractivity contribution in [3.8, 4) is 5.69 Å². The second-order valence-electron chi connectivity index (χ2n) is 8.49. The number of carbonyl (C=O) groups excluding carboxylic acids is 2. The van der Waals surface area contributed by atoms with E-state index in [1.807, 2.05) is 6.07 Å². The number of ether oxygens (including phenoxy) is 1. The number of fused-ring (bicyclic) bond motifs is 1. The van der Waals surface area contributed by atoms with Crippen molar-refractivity contribution < 1.29 is 23.1 Å². The smallest absolute Gasteiger partial charge is 0.338 e. The summed E-state index contributed by atoms with van der Waals surface area (Å²) in [4.78, 5) is 43.7. The van der Waals surface area contributed by atoms with E-state index in [0.29, 0.717) is 17.1 Å². The minimum atomic E-state index is -0.943. The number of hydrogen-bond donors (Lipinski definition) is 2. The van der Waals surface area contributed by atoms with Crippen LogP contribution in [0.3, 0.4) is 0 Å². The highest BCUT2D eigenvalue weighted by atomic mass is 32.2. The Labute approximate surface area is 225 Å². The first kappa shape index (κ1) is 26.1. The van der Waals surface area contributed by atoms with Crippen molar-refractivity contribution in [2.75, 3.05) is 12.4 Å². The molecule has 0 bridgehead atoms. The van der Waals surface area contributed by atoms with Crippen molar-refractivity contribution in [2.45, 2.75) is 18.1 Å². The number of rotatable bonds is 7. The van der Waals surface area contributed by atoms with E-state index in [0.717, 1.165) is 28.5 Å². The predicted octanol–water partition coefficient (Wildman–Crippen LogP) is 4.63. The lowest BCUT2D eigenvalue weighted by Crippen LogP contribution is -2.46. The van der Waals surface area contributed by atoms with Gasteiger partial charge in [-0.25, -0.2) is 23.4 Å². The number of benzene rings is 3. The van der Waals surface area contributed by atoms with Gasteiger partial charge in [-0.3, -0.25) is 9.36 Å². The Morgan fingerprint density at radius 3 is 2.54 bits per heavy atom. The van der Waals surface area contributed by atoms with Gasteiger partial charge in [0.1, 0.15) is 11.6 Å². The van der Waals surface area contributed by atoms with Crippen LogP contribution in [0.5, 0.6) is 0 Å². The lowest BCUT2D eigenvalue weighted by molar-refractivity contribution is -0.139. The summed E-state index contributed by atoms with van der Waals surface area (Å²) in [5, 5.41) is 5.77. The van der Waals surface area contributed by atoms with Crippen LogP contribution in [0, 0.1) is 11.6 Å². The van der Waals surface area contributed by atoms with E-state index >= 15 is 0 Å². The second kappa shape index (κ2) is 11.1. The summed E-state index contributed by atoms with van der Waals surface area (Å²) in [6.07, 6.45) is 0. The number of thioether (sulfide) groups is 1. The molecule has 3 aromatic carbocycles. The number of urea groups is 1. The zero-order chi connectivity index (χ0) is 27.5. The largest absolute Gasteiger partial charge is 0.463 e. The van der Waals surface area contributed by atoms with Crippen LogP contribution in [0.2, 0.25) is 0 Å². The topological polar surface area (TPSA) is 102 Å². The maximum absolute atomic E-state index is 14.9. The molecule has 198 valence electrons. The van der Waals surface area contributed by atoms with Crippen molar-refractivity contribution in [1.29, 1.82) is 0 Å². The summed E-state index contributed by atoms with van der Waals surface area (Å²) in [7, 11) is 0. The monoisotopic (exact) mass is 548 g/mol. The summed E-state index contributed by atoms with van der Waals surface area (Å²) < 4.78 is 34.9. The predicted molar refractivity (Wildman–Crippen MR) is 142 cm³/mol. The van der Waals surface area contributed by atoms with Gasteiger partial charge < -0.3 is 15.4 Å². The van der Waals surface area contributed by atoms with Gasteiger partial charge in [-0.15, -0.1) is 0 Å². The molecule has 2 amide bonds. The summed E-state index contributed by atoms with van der Waals surface area (Å²) in [6.45, 7) is 1.79. The van der Waals surface area contributed by atoms with Crippen molar-refractivity contribution in [2.24, 2.45) is 0 Å². The molecule has 1 aliphatic heterocycles. The lowest BCUT2D eigenvalue weighted by atomic mass is 9.95. The van der Waals surface area contributed by atoms with Gasteiger partial charge in [0, 0.05) is 17.5 Å². The minimum Gasteiger partial charge on any atom is -0.463 e. The van der Waals surface area contributed by atoms with E-state index in [-0.39, 0.29) is 39.9 Å². The Balaban J connectivity index is 1.62. The van der Waals surface area contributed by atoms with E-state index in [2.05, 4.69) is 15.6 Å². The fourth-order valence-corrected chi connectivity index (χ4v) is 5.27. The molecule has 2 heterocycles. The molecule has 0 fully saturated rings. The number of aromatic nitrogens is 2. The van der Waals surface area contributed by atoms with Crippen LogP contribution in [-0.4, -0.2) is 33.9 Å². The molecule has 4 aromatic rings. The lowest BCUT2D eigenvalue weighted by Gasteiger charge is -2.29. The second-order valence-corrected chi connectivity index (χ2v) is 9.43. The first-order valence-corrected chi connectivity index (χ1v) is 13.0. The van der Waals surface area contributed by atoms with Crippen LogP contribution in [0.1, 0.15) is 18.5 Å². The zero-order valence-corrected chi connectivity index (χ0v) is 21.4. The highest BCUT2D eigenvalue weighted by Crippen LogP contribution is 2.31. The Bertz CT molecular complexity index is 1670. The van der Waals surface area contributed by atoms with E-state index in [9.17, 15) is 23.2 Å². The molecule has 5 rings (SSSR count). The number of halogens is 2. The average molecular weight is 549 g/mol. The van der Waals surface area contributed by atoms with Crippen LogP contribution in [-0.2, 0) is 9.53 Å². The molecular weight excluding hydrogens is 526 g/mol. The molecule has 0 saturated carbocycles. The van der Waals surface area contributed by atoms with Crippen LogP contribution >= 0.6 is 11.8 Å². The van der Waals surface area contributed by atoms with Crippen LogP contribution < -0.4 is 16.2 Å². The Hall–Kier alpha value is -4.51. The highest BCUT2D eigenvalue weighted by Gasteiger charge is 2.34. The molecule has 0 saturated heterocycles. The molecule has 1 aromatic heterocycles. The van der Waals surface area contributed by atoms with Gasteiger partial charge in [0.15, 0.2) is 5.16 Å². The van der Waals surface area contributed by atoms with Crippen LogP contribution in [0.25, 0.3) is 16.6 Å². The number of nitrogens with zero attached hydrogens (tertiary/aromatic N) is 2. The zero-order valence-electron chi connectivity index (χ0n) is 20.6. The Kier molecular flexibility index (Phi) is 7.42. The molecule has 0 unspecified atom stereocenters.